The summed E-state index contributed by atoms with van der Waals surface area (Å²) in [6.45, 7) is 4.09. The number of hydrogen-bond acceptors (Lipinski definition) is 6. The van der Waals surface area contributed by atoms with Gasteiger partial charge in [0.25, 0.3) is 10.0 Å². The lowest BCUT2D eigenvalue weighted by atomic mass is 10.0. The van der Waals surface area contributed by atoms with Crippen LogP contribution in [0.25, 0.3) is 16.8 Å². The summed E-state index contributed by atoms with van der Waals surface area (Å²) in [5, 5.41) is 0.433. The van der Waals surface area contributed by atoms with E-state index in [0.717, 1.165) is 42.7 Å². The minimum atomic E-state index is -3.85. The van der Waals surface area contributed by atoms with Crippen molar-refractivity contribution in [3.8, 4) is 22.6 Å². The summed E-state index contributed by atoms with van der Waals surface area (Å²) in [6, 6.07) is 21.4. The van der Waals surface area contributed by atoms with E-state index in [1.165, 1.54) is 0 Å². The predicted molar refractivity (Wildman–Crippen MR) is 161 cm³/mol. The van der Waals surface area contributed by atoms with Crippen molar-refractivity contribution in [2.45, 2.75) is 30.8 Å². The summed E-state index contributed by atoms with van der Waals surface area (Å²) in [5.74, 6) is 0.124. The van der Waals surface area contributed by atoms with Crippen LogP contribution in [0.15, 0.2) is 90.1 Å². The molecule has 3 aromatic carbocycles. The monoisotopic (exact) mass is 593 g/mol. The van der Waals surface area contributed by atoms with Gasteiger partial charge in [0.05, 0.1) is 22.9 Å². The molecule has 0 aliphatic carbocycles. The summed E-state index contributed by atoms with van der Waals surface area (Å²) in [4.78, 5) is 14.3. The van der Waals surface area contributed by atoms with E-state index in [1.807, 2.05) is 50.4 Å². The van der Waals surface area contributed by atoms with E-state index in [9.17, 15) is 13.2 Å². The van der Waals surface area contributed by atoms with Crippen LogP contribution in [0.2, 0.25) is 5.02 Å². The van der Waals surface area contributed by atoms with Crippen molar-refractivity contribution in [3.63, 3.8) is 0 Å². The Morgan fingerprint density at radius 1 is 1.02 bits per heavy atom. The molecule has 8 nitrogen and oxygen atoms in total. The third-order valence-electron chi connectivity index (χ3n) is 6.86. The molecule has 0 spiro atoms. The van der Waals surface area contributed by atoms with Crippen molar-refractivity contribution in [1.82, 2.24) is 9.47 Å². The Hall–Kier alpha value is -3.79. The van der Waals surface area contributed by atoms with E-state index in [2.05, 4.69) is 9.62 Å². The number of ether oxygens (including phenoxy) is 2. The number of anilines is 1. The fourth-order valence-corrected chi connectivity index (χ4v) is 5.85. The standard InChI is InChI=1S/C31H32ClN3O5S/c1-3-18-39-31(36)24-6-4-22(5-7-24)23-8-11-26(12-9-23)35-17-15-28(21-35)41(37,38)33-25-10-13-29(32)30(19-25)40-27-14-16-34(2)20-27/h4-13,15,17,19,21,27,33H,3,14,16,18,20H2,1-2H3. The molecule has 10 heteroatoms. The van der Waals surface area contributed by atoms with Crippen LogP contribution in [0.5, 0.6) is 5.75 Å². The first-order valence-electron chi connectivity index (χ1n) is 13.5. The molecule has 2 heterocycles. The van der Waals surface area contributed by atoms with Crippen molar-refractivity contribution < 1.29 is 22.7 Å². The first-order valence-corrected chi connectivity index (χ1v) is 15.3. The van der Waals surface area contributed by atoms with Crippen LogP contribution in [0.3, 0.4) is 0 Å². The van der Waals surface area contributed by atoms with Gasteiger partial charge in [-0.3, -0.25) is 4.72 Å². The van der Waals surface area contributed by atoms with Gasteiger partial charge in [0.15, 0.2) is 0 Å². The Morgan fingerprint density at radius 3 is 2.39 bits per heavy atom. The number of esters is 1. The van der Waals surface area contributed by atoms with Crippen molar-refractivity contribution >= 4 is 33.3 Å². The predicted octanol–water partition coefficient (Wildman–Crippen LogP) is 6.25. The number of aromatic nitrogens is 1. The smallest absolute Gasteiger partial charge is 0.338 e. The molecule has 0 radical (unpaired) electrons. The molecular weight excluding hydrogens is 562 g/mol. The number of halogens is 1. The molecule has 1 fully saturated rings. The Kier molecular flexibility index (Phi) is 8.68. The molecule has 1 aromatic heterocycles. The van der Waals surface area contributed by atoms with Crippen molar-refractivity contribution in [3.05, 3.63) is 95.8 Å². The van der Waals surface area contributed by atoms with E-state index in [4.69, 9.17) is 21.1 Å². The van der Waals surface area contributed by atoms with Crippen molar-refractivity contribution in [1.29, 1.82) is 0 Å². The number of rotatable bonds is 10. The average molecular weight is 594 g/mol. The molecule has 1 saturated heterocycles. The lowest BCUT2D eigenvalue weighted by Crippen LogP contribution is -2.21. The molecule has 0 bridgehead atoms. The van der Waals surface area contributed by atoms with Crippen LogP contribution in [-0.2, 0) is 14.8 Å². The molecule has 0 amide bonds. The third kappa shape index (κ3) is 6.93. The number of carbonyl (C=O) groups is 1. The van der Waals surface area contributed by atoms with Gasteiger partial charge in [-0.15, -0.1) is 0 Å². The lowest BCUT2D eigenvalue weighted by molar-refractivity contribution is 0.0505. The second-order valence-corrected chi connectivity index (χ2v) is 12.1. The fourth-order valence-electron chi connectivity index (χ4n) is 4.64. The summed E-state index contributed by atoms with van der Waals surface area (Å²) in [5.41, 5.74) is 3.61. The van der Waals surface area contributed by atoms with Gasteiger partial charge in [0.2, 0.25) is 0 Å². The maximum atomic E-state index is 13.2. The molecule has 1 unspecified atom stereocenters. The third-order valence-corrected chi connectivity index (χ3v) is 8.54. The number of carbonyl (C=O) groups excluding carboxylic acids is 1. The molecule has 0 saturated carbocycles. The molecule has 1 atom stereocenters. The van der Waals surface area contributed by atoms with Gasteiger partial charge in [-0.2, -0.15) is 0 Å². The number of likely N-dealkylation sites (N-methyl/N-ethyl adjacent to an activating group) is 1. The number of nitrogens with one attached hydrogen (secondary N) is 1. The zero-order valence-corrected chi connectivity index (χ0v) is 24.5. The highest BCUT2D eigenvalue weighted by atomic mass is 35.5. The largest absolute Gasteiger partial charge is 0.487 e. The summed E-state index contributed by atoms with van der Waals surface area (Å²) in [6.07, 6.45) is 4.94. The summed E-state index contributed by atoms with van der Waals surface area (Å²) in [7, 11) is -1.82. The van der Waals surface area contributed by atoms with Crippen LogP contribution in [0, 0.1) is 0 Å². The Morgan fingerprint density at radius 2 is 1.73 bits per heavy atom. The normalized spacial score (nSPS) is 15.5. The van der Waals surface area contributed by atoms with Gasteiger partial charge >= 0.3 is 5.97 Å². The molecule has 41 heavy (non-hydrogen) atoms. The lowest BCUT2D eigenvalue weighted by Gasteiger charge is -2.16. The molecule has 5 rings (SSSR count). The Labute approximate surface area is 245 Å². The SMILES string of the molecule is CCCOC(=O)c1ccc(-c2ccc(-n3ccc(S(=O)(=O)Nc4ccc(Cl)c(OC5CCN(C)C5)c4)c3)cc2)cc1. The van der Waals surface area contributed by atoms with Gasteiger partial charge in [0, 0.05) is 37.2 Å². The molecule has 4 aromatic rings. The number of sulfonamides is 1. The topological polar surface area (TPSA) is 89.9 Å². The number of hydrogen-bond donors (Lipinski definition) is 1. The zero-order valence-electron chi connectivity index (χ0n) is 22.9. The van der Waals surface area contributed by atoms with Gasteiger partial charge in [0.1, 0.15) is 16.7 Å². The quantitative estimate of drug-likeness (QED) is 0.219. The maximum Gasteiger partial charge on any atom is 0.338 e. The highest BCUT2D eigenvalue weighted by Gasteiger charge is 2.23. The zero-order chi connectivity index (χ0) is 29.0. The number of nitrogens with zero attached hydrogens (tertiary/aromatic N) is 2. The Bertz CT molecular complexity index is 1620. The van der Waals surface area contributed by atoms with E-state index < -0.39 is 10.0 Å². The number of likely N-dealkylation sites (tertiary alicyclic amines) is 1. The highest BCUT2D eigenvalue weighted by Crippen LogP contribution is 2.31. The molecule has 1 aliphatic rings. The van der Waals surface area contributed by atoms with Gasteiger partial charge in [-0.1, -0.05) is 42.8 Å². The molecule has 214 valence electrons. The van der Waals surface area contributed by atoms with Gasteiger partial charge in [-0.25, -0.2) is 13.2 Å². The van der Waals surface area contributed by atoms with Crippen LogP contribution >= 0.6 is 11.6 Å². The maximum absolute atomic E-state index is 13.2. The average Bonchev–Trinajstić information content (AvgIpc) is 3.63. The first kappa shape index (κ1) is 28.7. The number of benzene rings is 3. The van der Waals surface area contributed by atoms with E-state index in [0.29, 0.717) is 28.6 Å². The van der Waals surface area contributed by atoms with E-state index >= 15 is 0 Å². The van der Waals surface area contributed by atoms with E-state index in [-0.39, 0.29) is 17.0 Å². The van der Waals surface area contributed by atoms with Crippen LogP contribution in [0.4, 0.5) is 5.69 Å². The molecular formula is C31H32ClN3O5S. The summed E-state index contributed by atoms with van der Waals surface area (Å²) >= 11 is 6.32. The first-order chi connectivity index (χ1) is 19.7. The van der Waals surface area contributed by atoms with Crippen molar-refractivity contribution in [2.75, 3.05) is 31.5 Å². The van der Waals surface area contributed by atoms with Gasteiger partial charge in [-0.05, 0) is 73.5 Å². The second kappa shape index (κ2) is 12.4. The van der Waals surface area contributed by atoms with Gasteiger partial charge < -0.3 is 18.9 Å². The Balaban J connectivity index is 1.26. The van der Waals surface area contributed by atoms with Crippen molar-refractivity contribution in [2.24, 2.45) is 0 Å². The van der Waals surface area contributed by atoms with Crippen LogP contribution in [-0.4, -0.2) is 56.7 Å². The summed E-state index contributed by atoms with van der Waals surface area (Å²) < 4.78 is 41.9. The molecule has 1 aliphatic heterocycles. The minimum absolute atomic E-state index is 0.0125. The molecule has 1 N–H and O–H groups in total. The highest BCUT2D eigenvalue weighted by molar-refractivity contribution is 7.92. The fraction of sp³-hybridized carbons (Fsp3) is 0.258. The van der Waals surface area contributed by atoms with Crippen LogP contribution < -0.4 is 9.46 Å². The minimum Gasteiger partial charge on any atom is -0.487 e. The van der Waals surface area contributed by atoms with E-state index in [1.54, 1.807) is 53.4 Å². The van der Waals surface area contributed by atoms with Crippen LogP contribution in [0.1, 0.15) is 30.1 Å². The second-order valence-electron chi connectivity index (χ2n) is 10.1.